The first-order chi connectivity index (χ1) is 12.0. The Bertz CT molecular complexity index is 589. The topological polar surface area (TPSA) is 72.9 Å². The Morgan fingerprint density at radius 2 is 2.08 bits per heavy atom. The van der Waals surface area contributed by atoms with E-state index in [9.17, 15) is 9.59 Å². The van der Waals surface area contributed by atoms with E-state index in [1.54, 1.807) is 11.8 Å². The van der Waals surface area contributed by atoms with Gasteiger partial charge in [0, 0.05) is 29.7 Å². The Morgan fingerprint density at radius 3 is 2.68 bits per heavy atom. The highest BCUT2D eigenvalue weighted by Gasteiger charge is 2.25. The van der Waals surface area contributed by atoms with Crippen molar-refractivity contribution in [3.63, 3.8) is 0 Å². The molecule has 0 saturated carbocycles. The number of piperidine rings is 1. The quantitative estimate of drug-likeness (QED) is 0.688. The number of carboxylic acids is 1. The van der Waals surface area contributed by atoms with Crippen LogP contribution < -0.4 is 5.32 Å². The normalized spacial score (nSPS) is 16.1. The molecule has 0 radical (unpaired) electrons. The van der Waals surface area contributed by atoms with Crippen molar-refractivity contribution in [2.75, 3.05) is 44.3 Å². The van der Waals surface area contributed by atoms with Crippen LogP contribution in [0.5, 0.6) is 0 Å². The van der Waals surface area contributed by atoms with Crippen LogP contribution in [-0.2, 0) is 9.59 Å². The molecule has 6 nitrogen and oxygen atoms in total. The van der Waals surface area contributed by atoms with Gasteiger partial charge in [0.1, 0.15) is 0 Å². The molecule has 138 valence electrons. The van der Waals surface area contributed by atoms with Crippen molar-refractivity contribution in [1.82, 2.24) is 9.80 Å². The van der Waals surface area contributed by atoms with Gasteiger partial charge >= 0.3 is 5.97 Å². The molecule has 1 aliphatic heterocycles. The summed E-state index contributed by atoms with van der Waals surface area (Å²) in [4.78, 5) is 28.5. The molecule has 0 aromatic heterocycles. The molecule has 1 heterocycles. The van der Waals surface area contributed by atoms with E-state index in [-0.39, 0.29) is 12.5 Å². The van der Waals surface area contributed by atoms with E-state index in [1.165, 1.54) is 0 Å². The van der Waals surface area contributed by atoms with Gasteiger partial charge in [0.05, 0.1) is 13.1 Å². The molecule has 0 spiro atoms. The van der Waals surface area contributed by atoms with Gasteiger partial charge in [-0.1, -0.05) is 13.0 Å². The van der Waals surface area contributed by atoms with E-state index < -0.39 is 5.97 Å². The van der Waals surface area contributed by atoms with Gasteiger partial charge in [-0.2, -0.15) is 0 Å². The summed E-state index contributed by atoms with van der Waals surface area (Å²) in [6.45, 7) is 4.83. The third kappa shape index (κ3) is 6.34. The number of nitrogens with zero attached hydrogens (tertiary/aromatic N) is 2. The predicted molar refractivity (Wildman–Crippen MR) is 101 cm³/mol. The molecule has 0 bridgehead atoms. The Labute approximate surface area is 153 Å². The maximum atomic E-state index is 12.2. The molecule has 1 aliphatic rings. The lowest BCUT2D eigenvalue weighted by Gasteiger charge is -2.37. The van der Waals surface area contributed by atoms with Gasteiger partial charge < -0.3 is 10.4 Å². The summed E-state index contributed by atoms with van der Waals surface area (Å²) in [5, 5.41) is 11.9. The molecule has 1 saturated heterocycles. The van der Waals surface area contributed by atoms with Crippen LogP contribution in [0.15, 0.2) is 29.2 Å². The lowest BCUT2D eigenvalue weighted by Crippen LogP contribution is -2.48. The fraction of sp³-hybridized carbons (Fsp3) is 0.556. The van der Waals surface area contributed by atoms with E-state index in [0.717, 1.165) is 43.1 Å². The Morgan fingerprint density at radius 1 is 1.36 bits per heavy atom. The van der Waals surface area contributed by atoms with Crippen LogP contribution in [0.2, 0.25) is 0 Å². The molecular weight excluding hydrogens is 338 g/mol. The van der Waals surface area contributed by atoms with Crippen molar-refractivity contribution in [2.24, 2.45) is 0 Å². The summed E-state index contributed by atoms with van der Waals surface area (Å²) in [5.74, 6) is -0.786. The average Bonchev–Trinajstić information content (AvgIpc) is 2.60. The van der Waals surface area contributed by atoms with E-state index in [1.807, 2.05) is 42.3 Å². The number of carbonyl (C=O) groups is 2. The van der Waals surface area contributed by atoms with E-state index in [2.05, 4.69) is 10.2 Å². The summed E-state index contributed by atoms with van der Waals surface area (Å²) in [5.41, 5.74) is 0.824. The summed E-state index contributed by atoms with van der Waals surface area (Å²) < 4.78 is 0. The summed E-state index contributed by atoms with van der Waals surface area (Å²) in [7, 11) is 0. The zero-order valence-electron chi connectivity index (χ0n) is 14.9. The van der Waals surface area contributed by atoms with Gasteiger partial charge in [-0.15, -0.1) is 11.8 Å². The molecule has 1 aromatic carbocycles. The number of amides is 1. The minimum Gasteiger partial charge on any atom is -0.480 e. The van der Waals surface area contributed by atoms with Crippen LogP contribution >= 0.6 is 11.8 Å². The van der Waals surface area contributed by atoms with E-state index >= 15 is 0 Å². The first-order valence-corrected chi connectivity index (χ1v) is 9.86. The number of hydrogen-bond acceptors (Lipinski definition) is 5. The van der Waals surface area contributed by atoms with Crippen molar-refractivity contribution in [1.29, 1.82) is 0 Å². The molecular formula is C18H27N3O3S. The maximum Gasteiger partial charge on any atom is 0.317 e. The Balaban J connectivity index is 1.79. The summed E-state index contributed by atoms with van der Waals surface area (Å²) >= 11 is 1.65. The average molecular weight is 365 g/mol. The molecule has 1 amide bonds. The number of likely N-dealkylation sites (N-methyl/N-ethyl adjacent to an activating group) is 1. The fourth-order valence-corrected chi connectivity index (χ4v) is 3.68. The molecule has 2 N–H and O–H groups in total. The van der Waals surface area contributed by atoms with Gasteiger partial charge in [0.15, 0.2) is 0 Å². The number of thioether (sulfide) groups is 1. The second-order valence-electron chi connectivity index (χ2n) is 6.24. The minimum atomic E-state index is -0.781. The highest BCUT2D eigenvalue weighted by Crippen LogP contribution is 2.19. The highest BCUT2D eigenvalue weighted by molar-refractivity contribution is 7.98. The third-order valence-electron chi connectivity index (χ3n) is 4.54. The number of carbonyl (C=O) groups excluding carboxylic acids is 1. The predicted octanol–water partition coefficient (Wildman–Crippen LogP) is 2.22. The van der Waals surface area contributed by atoms with Crippen LogP contribution in [0.3, 0.4) is 0 Å². The zero-order chi connectivity index (χ0) is 18.2. The number of aliphatic carboxylic acids is 1. The third-order valence-corrected chi connectivity index (χ3v) is 5.26. The summed E-state index contributed by atoms with van der Waals surface area (Å²) in [6, 6.07) is 8.11. The van der Waals surface area contributed by atoms with Crippen LogP contribution in [-0.4, -0.2) is 71.8 Å². The standard InChI is InChI=1S/C18H27N3O3S/c1-3-21(13-18(23)24)15-7-9-20(10-8-15)12-17(22)19-14-5-4-6-16(11-14)25-2/h4-6,11,15H,3,7-10,12-13H2,1-2H3,(H,19,22)(H,23,24). The lowest BCUT2D eigenvalue weighted by molar-refractivity contribution is -0.139. The molecule has 25 heavy (non-hydrogen) atoms. The smallest absolute Gasteiger partial charge is 0.317 e. The molecule has 0 atom stereocenters. The molecule has 7 heteroatoms. The first kappa shape index (κ1) is 19.8. The van der Waals surface area contributed by atoms with Crippen LogP contribution in [0, 0.1) is 0 Å². The number of nitrogens with one attached hydrogen (secondary N) is 1. The number of anilines is 1. The molecule has 1 aromatic rings. The van der Waals surface area contributed by atoms with Crippen molar-refractivity contribution < 1.29 is 14.7 Å². The van der Waals surface area contributed by atoms with Crippen molar-refractivity contribution in [3.8, 4) is 0 Å². The van der Waals surface area contributed by atoms with Gasteiger partial charge in [0.2, 0.25) is 5.91 Å². The maximum absolute atomic E-state index is 12.2. The van der Waals surface area contributed by atoms with Crippen LogP contribution in [0.1, 0.15) is 19.8 Å². The second kappa shape index (κ2) is 9.79. The zero-order valence-corrected chi connectivity index (χ0v) is 15.7. The van der Waals surface area contributed by atoms with Crippen molar-refractivity contribution >= 4 is 29.3 Å². The first-order valence-electron chi connectivity index (χ1n) is 8.64. The number of hydrogen-bond donors (Lipinski definition) is 2. The Hall–Kier alpha value is -1.57. The van der Waals surface area contributed by atoms with Gasteiger partial charge in [-0.25, -0.2) is 0 Å². The fourth-order valence-electron chi connectivity index (χ4n) is 3.22. The van der Waals surface area contributed by atoms with E-state index in [4.69, 9.17) is 5.11 Å². The van der Waals surface area contributed by atoms with Crippen molar-refractivity contribution in [2.45, 2.75) is 30.7 Å². The number of likely N-dealkylation sites (tertiary alicyclic amines) is 1. The number of carboxylic acid groups (broad SMARTS) is 1. The minimum absolute atomic E-state index is 0.00501. The van der Waals surface area contributed by atoms with Crippen LogP contribution in [0.4, 0.5) is 5.69 Å². The van der Waals surface area contributed by atoms with E-state index in [0.29, 0.717) is 12.6 Å². The van der Waals surface area contributed by atoms with Gasteiger partial charge in [-0.3, -0.25) is 19.4 Å². The molecule has 0 aliphatic carbocycles. The SMILES string of the molecule is CCN(CC(=O)O)C1CCN(CC(=O)Nc2cccc(SC)c2)CC1. The van der Waals surface area contributed by atoms with Gasteiger partial charge in [0.25, 0.3) is 0 Å². The van der Waals surface area contributed by atoms with Crippen LogP contribution in [0.25, 0.3) is 0 Å². The summed E-state index contributed by atoms with van der Waals surface area (Å²) in [6.07, 6.45) is 3.81. The molecule has 1 fully saturated rings. The highest BCUT2D eigenvalue weighted by atomic mass is 32.2. The number of benzene rings is 1. The number of rotatable bonds is 8. The molecule has 0 unspecified atom stereocenters. The van der Waals surface area contributed by atoms with Gasteiger partial charge in [-0.05, 0) is 43.8 Å². The largest absolute Gasteiger partial charge is 0.480 e. The Kier molecular flexibility index (Phi) is 7.74. The lowest BCUT2D eigenvalue weighted by atomic mass is 10.0. The molecule has 2 rings (SSSR count). The van der Waals surface area contributed by atoms with Crippen molar-refractivity contribution in [3.05, 3.63) is 24.3 Å². The second-order valence-corrected chi connectivity index (χ2v) is 7.12. The monoisotopic (exact) mass is 365 g/mol.